The lowest BCUT2D eigenvalue weighted by atomic mass is 10.2. The Labute approximate surface area is 162 Å². The summed E-state index contributed by atoms with van der Waals surface area (Å²) < 4.78 is 5.43. The van der Waals surface area contributed by atoms with E-state index in [9.17, 15) is 4.79 Å². The van der Waals surface area contributed by atoms with Crippen LogP contribution in [0.5, 0.6) is 5.75 Å². The molecule has 1 aliphatic rings. The highest BCUT2D eigenvalue weighted by Crippen LogP contribution is 2.36. The van der Waals surface area contributed by atoms with Gasteiger partial charge in [-0.1, -0.05) is 30.3 Å². The number of hydrogen-bond donors (Lipinski definition) is 0. The molecule has 1 amide bonds. The molecule has 2 aromatic carbocycles. The molecule has 27 heavy (non-hydrogen) atoms. The average molecular weight is 379 g/mol. The molecule has 0 saturated heterocycles. The van der Waals surface area contributed by atoms with Crippen LogP contribution in [0.15, 0.2) is 53.9 Å². The minimum Gasteiger partial charge on any atom is -0.495 e. The van der Waals surface area contributed by atoms with E-state index in [2.05, 4.69) is 29.2 Å². The lowest BCUT2D eigenvalue weighted by molar-refractivity contribution is -0.115. The first-order valence-corrected chi connectivity index (χ1v) is 9.76. The molecule has 1 aliphatic heterocycles. The SMILES string of the molecule is COc1ccccc1N(C(C)=O)c1nc(CN2CCc3ccccc32)cs1. The highest BCUT2D eigenvalue weighted by molar-refractivity contribution is 7.14. The molecule has 0 fully saturated rings. The third-order valence-corrected chi connectivity index (χ3v) is 5.58. The van der Waals surface area contributed by atoms with E-state index in [0.29, 0.717) is 16.6 Å². The van der Waals surface area contributed by atoms with Gasteiger partial charge in [0.15, 0.2) is 5.13 Å². The van der Waals surface area contributed by atoms with Gasteiger partial charge < -0.3 is 9.64 Å². The number of para-hydroxylation sites is 3. The van der Waals surface area contributed by atoms with Crippen molar-refractivity contribution >= 4 is 33.8 Å². The molecular weight excluding hydrogens is 358 g/mol. The van der Waals surface area contributed by atoms with E-state index in [4.69, 9.17) is 9.72 Å². The van der Waals surface area contributed by atoms with Crippen molar-refractivity contribution in [3.63, 3.8) is 0 Å². The Morgan fingerprint density at radius 1 is 1.22 bits per heavy atom. The first-order valence-electron chi connectivity index (χ1n) is 8.88. The van der Waals surface area contributed by atoms with Gasteiger partial charge in [-0.15, -0.1) is 11.3 Å². The Kier molecular flexibility index (Phi) is 4.81. The molecule has 0 aliphatic carbocycles. The van der Waals surface area contributed by atoms with E-state index in [-0.39, 0.29) is 5.91 Å². The van der Waals surface area contributed by atoms with E-state index in [1.807, 2.05) is 29.6 Å². The molecule has 6 heteroatoms. The number of methoxy groups -OCH3 is 1. The van der Waals surface area contributed by atoms with Crippen molar-refractivity contribution in [3.8, 4) is 5.75 Å². The van der Waals surface area contributed by atoms with Gasteiger partial charge in [0.2, 0.25) is 5.91 Å². The molecule has 0 spiro atoms. The van der Waals surface area contributed by atoms with E-state index in [1.165, 1.54) is 22.6 Å². The van der Waals surface area contributed by atoms with Crippen LogP contribution in [-0.4, -0.2) is 24.5 Å². The topological polar surface area (TPSA) is 45.7 Å². The van der Waals surface area contributed by atoms with Gasteiger partial charge in [0, 0.05) is 24.5 Å². The van der Waals surface area contributed by atoms with Gasteiger partial charge in [0.25, 0.3) is 0 Å². The molecule has 0 atom stereocenters. The molecule has 0 bridgehead atoms. The number of amides is 1. The third-order valence-electron chi connectivity index (χ3n) is 4.71. The predicted molar refractivity (Wildman–Crippen MR) is 109 cm³/mol. The van der Waals surface area contributed by atoms with Crippen LogP contribution in [0.25, 0.3) is 0 Å². The van der Waals surface area contributed by atoms with Gasteiger partial charge in [-0.2, -0.15) is 0 Å². The van der Waals surface area contributed by atoms with Crippen LogP contribution in [0.3, 0.4) is 0 Å². The largest absolute Gasteiger partial charge is 0.495 e. The first-order chi connectivity index (χ1) is 13.2. The number of nitrogens with zero attached hydrogens (tertiary/aromatic N) is 3. The summed E-state index contributed by atoms with van der Waals surface area (Å²) in [5, 5.41) is 2.69. The fourth-order valence-corrected chi connectivity index (χ4v) is 4.33. The van der Waals surface area contributed by atoms with Crippen LogP contribution in [0, 0.1) is 0 Å². The Morgan fingerprint density at radius 2 is 2.00 bits per heavy atom. The number of aromatic nitrogens is 1. The van der Waals surface area contributed by atoms with Gasteiger partial charge in [0.05, 0.1) is 25.0 Å². The molecule has 1 aromatic heterocycles. The van der Waals surface area contributed by atoms with E-state index in [0.717, 1.165) is 25.2 Å². The summed E-state index contributed by atoms with van der Waals surface area (Å²) in [6, 6.07) is 16.0. The second kappa shape index (κ2) is 7.40. The number of rotatable bonds is 5. The van der Waals surface area contributed by atoms with Crippen molar-refractivity contribution in [2.24, 2.45) is 0 Å². The predicted octanol–water partition coefficient (Wildman–Crippen LogP) is 4.40. The minimum absolute atomic E-state index is 0.0908. The maximum Gasteiger partial charge on any atom is 0.230 e. The lowest BCUT2D eigenvalue weighted by Crippen LogP contribution is -2.23. The van der Waals surface area contributed by atoms with E-state index >= 15 is 0 Å². The summed E-state index contributed by atoms with van der Waals surface area (Å²) in [6.45, 7) is 3.28. The van der Waals surface area contributed by atoms with Gasteiger partial charge >= 0.3 is 0 Å². The maximum absolute atomic E-state index is 12.4. The lowest BCUT2D eigenvalue weighted by Gasteiger charge is -2.21. The molecule has 4 rings (SSSR count). The molecule has 0 radical (unpaired) electrons. The Morgan fingerprint density at radius 3 is 2.81 bits per heavy atom. The average Bonchev–Trinajstić information content (AvgIpc) is 3.30. The first kappa shape index (κ1) is 17.5. The summed E-state index contributed by atoms with van der Waals surface area (Å²) in [5.74, 6) is 0.560. The van der Waals surface area contributed by atoms with Crippen molar-refractivity contribution in [1.29, 1.82) is 0 Å². The molecule has 0 unspecified atom stereocenters. The van der Waals surface area contributed by atoms with Crippen LogP contribution < -0.4 is 14.5 Å². The monoisotopic (exact) mass is 379 g/mol. The van der Waals surface area contributed by atoms with Crippen molar-refractivity contribution in [3.05, 3.63) is 65.2 Å². The summed E-state index contributed by atoms with van der Waals surface area (Å²) in [6.07, 6.45) is 1.06. The second-order valence-electron chi connectivity index (χ2n) is 6.45. The van der Waals surface area contributed by atoms with E-state index in [1.54, 1.807) is 18.9 Å². The number of carbonyl (C=O) groups excluding carboxylic acids is 1. The fraction of sp³-hybridized carbons (Fsp3) is 0.238. The van der Waals surface area contributed by atoms with Gasteiger partial charge in [-0.3, -0.25) is 9.69 Å². The molecule has 0 N–H and O–H groups in total. The number of hydrogen-bond acceptors (Lipinski definition) is 5. The zero-order valence-electron chi connectivity index (χ0n) is 15.4. The molecule has 3 aromatic rings. The summed E-state index contributed by atoms with van der Waals surface area (Å²) >= 11 is 1.48. The van der Waals surface area contributed by atoms with Gasteiger partial charge in [-0.05, 0) is 30.2 Å². The molecule has 138 valence electrons. The Bertz CT molecular complexity index is 969. The maximum atomic E-state index is 12.4. The summed E-state index contributed by atoms with van der Waals surface area (Å²) in [5.41, 5.74) is 4.33. The highest BCUT2D eigenvalue weighted by Gasteiger charge is 2.23. The van der Waals surface area contributed by atoms with Crippen molar-refractivity contribution < 1.29 is 9.53 Å². The van der Waals surface area contributed by atoms with E-state index < -0.39 is 0 Å². The highest BCUT2D eigenvalue weighted by atomic mass is 32.1. The summed E-state index contributed by atoms with van der Waals surface area (Å²) in [7, 11) is 1.61. The number of anilines is 3. The van der Waals surface area contributed by atoms with Gasteiger partial charge in [-0.25, -0.2) is 4.98 Å². The van der Waals surface area contributed by atoms with Crippen LogP contribution in [0.2, 0.25) is 0 Å². The number of carbonyl (C=O) groups is 1. The second-order valence-corrected chi connectivity index (χ2v) is 7.28. The van der Waals surface area contributed by atoms with Crippen LogP contribution in [0.1, 0.15) is 18.2 Å². The smallest absolute Gasteiger partial charge is 0.230 e. The molecule has 5 nitrogen and oxygen atoms in total. The van der Waals surface area contributed by atoms with Crippen molar-refractivity contribution in [2.45, 2.75) is 19.9 Å². The van der Waals surface area contributed by atoms with Crippen LogP contribution in [-0.2, 0) is 17.8 Å². The van der Waals surface area contributed by atoms with Crippen LogP contribution >= 0.6 is 11.3 Å². The van der Waals surface area contributed by atoms with Crippen molar-refractivity contribution in [1.82, 2.24) is 4.98 Å². The van der Waals surface area contributed by atoms with Gasteiger partial charge in [0.1, 0.15) is 5.75 Å². The standard InChI is InChI=1S/C21H21N3O2S/c1-15(25)24(19-9-5-6-10-20(19)26-2)21-22-17(14-27-21)13-23-12-11-16-7-3-4-8-18(16)23/h3-10,14H,11-13H2,1-2H3. The molecule has 2 heterocycles. The van der Waals surface area contributed by atoms with Crippen LogP contribution in [0.4, 0.5) is 16.5 Å². The zero-order valence-corrected chi connectivity index (χ0v) is 16.2. The molecule has 0 saturated carbocycles. The quantitative estimate of drug-likeness (QED) is 0.659. The minimum atomic E-state index is -0.0908. The summed E-state index contributed by atoms with van der Waals surface area (Å²) in [4.78, 5) is 21.1. The van der Waals surface area contributed by atoms with Crippen molar-refractivity contribution in [2.75, 3.05) is 23.5 Å². The third kappa shape index (κ3) is 3.40. The number of thiazole rings is 1. The normalized spacial score (nSPS) is 12.7. The Hall–Kier alpha value is -2.86. The molecular formula is C21H21N3O2S. The Balaban J connectivity index is 1.60. The fourth-order valence-electron chi connectivity index (χ4n) is 3.46. The number of benzene rings is 2. The number of ether oxygens (including phenoxy) is 1. The zero-order chi connectivity index (χ0) is 18.8. The number of fused-ring (bicyclic) bond motifs is 1.